The van der Waals surface area contributed by atoms with E-state index >= 15 is 0 Å². The number of hydrogen-bond acceptors (Lipinski definition) is 18. The number of non-ortho nitro benzene ring substituents is 1. The number of nitrogens with two attached hydrogens (primary N) is 1. The van der Waals surface area contributed by atoms with Crippen LogP contribution in [0.5, 0.6) is 0 Å². The van der Waals surface area contributed by atoms with Crippen LogP contribution in [0.2, 0.25) is 0 Å². The van der Waals surface area contributed by atoms with E-state index in [9.17, 15) is 29.7 Å². The van der Waals surface area contributed by atoms with Gasteiger partial charge in [-0.1, -0.05) is 251 Å². The molecule has 2 saturated carbocycles. The van der Waals surface area contributed by atoms with Gasteiger partial charge >= 0.3 is 6.09 Å². The van der Waals surface area contributed by atoms with E-state index in [0.29, 0.717) is 42.5 Å². The van der Waals surface area contributed by atoms with Crippen LogP contribution >= 0.6 is 35.6 Å². The minimum Gasteiger partial charge on any atom is -0.444 e. The van der Waals surface area contributed by atoms with Crippen LogP contribution in [0, 0.1) is 28.9 Å². The summed E-state index contributed by atoms with van der Waals surface area (Å²) in [6.07, 6.45) is 27.9. The minimum atomic E-state index is -0.470. The fraction of sp³-hybridized carbons (Fsp3) is 0.464. The number of aliphatic hydroxyl groups excluding tert-OH is 1. The number of oxime groups is 1. The molecule has 6 fully saturated rings. The third-order valence-corrected chi connectivity index (χ3v) is 29.8. The molecule has 9 aromatic carbocycles. The first-order valence-electron chi connectivity index (χ1n) is 47.9. The number of para-hydroxylation sites is 2. The van der Waals surface area contributed by atoms with Gasteiger partial charge in [0.25, 0.3) is 5.69 Å². The molecule has 4 saturated heterocycles. The standard InChI is InChI=1S/C20H22N2O.C20H24N2.C20H21NO.C18H23NO3.C14H18N2O2.C14H19N.C2H3N.CH2Cl2.CH4O.CH4.CH3.ClH.H3NO.2H2O.Pd/c23-21-19-14-20(18-9-5-4-8-17(18)19)10-12-22(13-11-20)15-16-6-2-1-3-7-16;1-2-6-17(7-3-1)16-22-14-11-20(12-15-22)10-13-21-19-9-5-4-8-18(19)20;22-19-14-20(18-9-5-4-8-17(18)19)10-12-21(13-11-20)15-16-6-2-1-3-7-16;1-17(2,3)22-16(21)19-10-8-18(9-11-19)12-15(20)13-6-4-5-7-14(13)18;17-16(18)11-4-5-12-13(10-11)15-9-8-14(12)6-2-1-3-7-14;1-4-8-14(9-5-1)10-11-15-13-7-3-2-6-12(13)14;1-2-3;2-1-3;1-2;;;;1-2;;;/h1-9,23H,10-15H2;1-9,21H,10-16H2;1-9H,10-15H2;4-7H,8-12H2,1-3H3;4-5,10,15H,1-3,6-9H2;2-3,6-7,15H,1,4-5,8-11H2;1H3;1H2;2H,1H3;1H4;1H3;1H;2H,1H2;2*1H2;/q;;;;;;;;;;-1;;;;;/b21-19-;;;;;;;;;;;;;;;. The number of aliphatic hydroxyl groups is 1. The van der Waals surface area contributed by atoms with Gasteiger partial charge in [0.15, 0.2) is 11.6 Å². The van der Waals surface area contributed by atoms with E-state index < -0.39 is 5.60 Å². The second-order valence-electron chi connectivity index (χ2n) is 38.5. The number of nitro benzene ring substituents is 1. The molecule has 0 bridgehead atoms. The number of fused-ring (bicyclic) bond motifs is 12. The number of hydrogen-bond donors (Lipinski definition) is 7. The first-order valence-corrected chi connectivity index (χ1v) is 48.9. The summed E-state index contributed by atoms with van der Waals surface area (Å²) in [5, 5.41) is 55.2. The number of piperidine rings is 4. The van der Waals surface area contributed by atoms with Crippen molar-refractivity contribution in [2.24, 2.45) is 11.1 Å². The first-order chi connectivity index (χ1) is 64.2. The van der Waals surface area contributed by atoms with E-state index in [-0.39, 0.29) is 108 Å². The molecule has 7 heterocycles. The largest absolute Gasteiger partial charge is 0.444 e. The number of likely N-dealkylation sites (tertiary alicyclic amines) is 4. The van der Waals surface area contributed by atoms with Gasteiger partial charge in [-0.2, -0.15) is 5.26 Å². The zero-order valence-electron chi connectivity index (χ0n) is 81.0. The van der Waals surface area contributed by atoms with Gasteiger partial charge in [-0.05, 0) is 235 Å². The average Bonchev–Trinajstić information content (AvgIpc) is 1.34. The van der Waals surface area contributed by atoms with Gasteiger partial charge < -0.3 is 59.5 Å². The van der Waals surface area contributed by atoms with Gasteiger partial charge in [0.05, 0.1) is 22.0 Å². The summed E-state index contributed by atoms with van der Waals surface area (Å²) in [6, 6.07) is 81.8. The Labute approximate surface area is 850 Å². The molecule has 0 unspecified atom stereocenters. The van der Waals surface area contributed by atoms with Crippen molar-refractivity contribution in [2.75, 3.05) is 100 Å². The molecular formula is C112H151Cl3N11O11Pd-. The maximum absolute atomic E-state index is 12.3. The van der Waals surface area contributed by atoms with Crippen LogP contribution in [0.15, 0.2) is 236 Å². The summed E-state index contributed by atoms with van der Waals surface area (Å²) in [5.41, 5.74) is 21.2. The second-order valence-corrected chi connectivity index (χ2v) is 39.4. The Kier molecular flexibility index (Phi) is 47.8. The molecule has 12 N–H and O–H groups in total. The molecule has 6 spiro atoms. The van der Waals surface area contributed by atoms with E-state index in [1.807, 2.05) is 63.2 Å². The van der Waals surface area contributed by atoms with Crippen molar-refractivity contribution in [3.05, 3.63) is 315 Å². The average molecular weight is 2040 g/mol. The molecule has 21 rings (SSSR count). The van der Waals surface area contributed by atoms with E-state index in [4.69, 9.17) is 43.5 Å². The van der Waals surface area contributed by atoms with Gasteiger partial charge in [0.2, 0.25) is 0 Å². The molecule has 9 aromatic rings. The number of nitrogens with one attached hydrogen (secondary N) is 3. The summed E-state index contributed by atoms with van der Waals surface area (Å²) in [5.74, 6) is 4.08. The second kappa shape index (κ2) is 56.3. The number of rotatable bonds is 7. The molecule has 0 atom stereocenters. The number of amides is 1. The maximum Gasteiger partial charge on any atom is 0.410 e. The molecular weight excluding hydrogens is 1890 g/mol. The van der Waals surface area contributed by atoms with Crippen LogP contribution in [-0.2, 0) is 77.3 Å². The molecule has 0 radical (unpaired) electrons. The monoisotopic (exact) mass is 2040 g/mol. The maximum atomic E-state index is 12.3. The van der Waals surface area contributed by atoms with Crippen LogP contribution in [0.25, 0.3) is 0 Å². The number of nitriles is 1. The third-order valence-electron chi connectivity index (χ3n) is 29.8. The number of nitro groups is 1. The SMILES string of the molecule is C.CC#N.CC(C)(C)OC(=O)N1CCC2(CC1)CC(=O)c1ccccc12.CO.Cl.ClCCl.NO.O.O.O/N=C1/CC2(CCN(Cc3ccccc3)CC2)c2ccccc21.O=C1CC2(CCN(Cc3ccccc3)CC2)c2ccccc21.O=[N+]([O-])c1ccc2c(c1)NCCC21CCCCC1.[CH3-].[Pd].c1ccc(CN2CCC3(CCNc4ccccc43)CC2)cc1.c1ccc2c(c1)NCCC21CCCCC1. The van der Waals surface area contributed by atoms with Crippen molar-refractivity contribution in [1.29, 1.82) is 5.26 Å². The molecule has 1 amide bonds. The number of ether oxygens (including phenoxy) is 1. The fourth-order valence-corrected chi connectivity index (χ4v) is 23.1. The summed E-state index contributed by atoms with van der Waals surface area (Å²) in [6.45, 7) is 21.5. The van der Waals surface area contributed by atoms with Crippen LogP contribution in [-0.4, -0.2) is 164 Å². The number of benzene rings is 9. The van der Waals surface area contributed by atoms with Crippen molar-refractivity contribution >= 4 is 81.7 Å². The molecule has 0 aromatic heterocycles. The van der Waals surface area contributed by atoms with E-state index in [0.717, 1.165) is 152 Å². The molecule has 138 heavy (non-hydrogen) atoms. The third kappa shape index (κ3) is 29.2. The normalized spacial score (nSPS) is 18.8. The smallest absolute Gasteiger partial charge is 0.410 e. The Hall–Kier alpha value is -9.44. The van der Waals surface area contributed by atoms with E-state index in [1.54, 1.807) is 34.2 Å². The number of halogens is 3. The van der Waals surface area contributed by atoms with E-state index in [2.05, 4.69) is 218 Å². The minimum absolute atomic E-state index is 0. The van der Waals surface area contributed by atoms with Gasteiger partial charge in [-0.3, -0.25) is 34.4 Å². The quantitative estimate of drug-likeness (QED) is 0.0195. The van der Waals surface area contributed by atoms with Gasteiger partial charge in [0, 0.05) is 174 Å². The summed E-state index contributed by atoms with van der Waals surface area (Å²) < 4.78 is 5.44. The van der Waals surface area contributed by atoms with Crippen molar-refractivity contribution < 1.29 is 70.9 Å². The molecule has 752 valence electrons. The topological polar surface area (TPSA) is 338 Å². The number of nitrogens with zero attached hydrogens (tertiary/aromatic N) is 7. The number of carbonyl (C=O) groups excluding carboxylic acids is 3. The molecule has 22 nitrogen and oxygen atoms in total. The Morgan fingerprint density at radius 1 is 0.457 bits per heavy atom. The molecule has 12 aliphatic rings. The predicted molar refractivity (Wildman–Crippen MR) is 561 cm³/mol. The van der Waals surface area contributed by atoms with Crippen LogP contribution in [0.4, 0.5) is 27.5 Å². The van der Waals surface area contributed by atoms with Gasteiger partial charge in [-0.25, -0.2) is 10.7 Å². The number of alkyl halides is 2. The van der Waals surface area contributed by atoms with E-state index in [1.165, 1.54) is 160 Å². The first kappa shape index (κ1) is 117. The summed E-state index contributed by atoms with van der Waals surface area (Å²) in [4.78, 5) is 56.7. The van der Waals surface area contributed by atoms with Crippen molar-refractivity contribution in [2.45, 2.75) is 247 Å². The molecule has 7 aliphatic heterocycles. The van der Waals surface area contributed by atoms with Crippen LogP contribution < -0.4 is 21.8 Å². The Morgan fingerprint density at radius 3 is 1.10 bits per heavy atom. The Morgan fingerprint density at radius 2 is 0.746 bits per heavy atom. The fourth-order valence-electron chi connectivity index (χ4n) is 23.1. The predicted octanol–water partition coefficient (Wildman–Crippen LogP) is 23.3. The Bertz CT molecular complexity index is 5280. The van der Waals surface area contributed by atoms with Crippen molar-refractivity contribution in [3.8, 4) is 6.07 Å². The number of anilines is 3. The van der Waals surface area contributed by atoms with Crippen LogP contribution in [0.3, 0.4) is 0 Å². The zero-order valence-corrected chi connectivity index (χ0v) is 84.9. The zero-order chi connectivity index (χ0) is 93.6. The molecule has 5 aliphatic carbocycles. The van der Waals surface area contributed by atoms with Gasteiger partial charge in [0.1, 0.15) is 5.60 Å². The summed E-state index contributed by atoms with van der Waals surface area (Å²) >= 11 is 9.53. The number of carbonyl (C=O) groups is 3. The van der Waals surface area contributed by atoms with Crippen molar-refractivity contribution in [1.82, 2.24) is 19.6 Å². The molecule has 26 heteroatoms. The van der Waals surface area contributed by atoms with Crippen LogP contribution in [0.1, 0.15) is 266 Å². The number of Topliss-reactive ketones (excluding diaryl/α,β-unsaturated/α-hetero) is 2. The van der Waals surface area contributed by atoms with Crippen molar-refractivity contribution in [3.63, 3.8) is 0 Å². The van der Waals surface area contributed by atoms with Gasteiger partial charge in [-0.15, -0.1) is 35.6 Å². The summed E-state index contributed by atoms with van der Waals surface area (Å²) in [7, 11) is 1.00. The Balaban J connectivity index is 0.000000248. The number of ketones is 2.